The molecule has 2 atom stereocenters. The monoisotopic (exact) mass is 334 g/mol. The van der Waals surface area contributed by atoms with Crippen LogP contribution in [0.5, 0.6) is 0 Å². The van der Waals surface area contributed by atoms with Crippen LogP contribution in [0.25, 0.3) is 0 Å². The van der Waals surface area contributed by atoms with Crippen molar-refractivity contribution < 1.29 is 0 Å². The summed E-state index contributed by atoms with van der Waals surface area (Å²) in [5.41, 5.74) is 0. The van der Waals surface area contributed by atoms with Crippen molar-refractivity contribution in [1.29, 1.82) is 10.5 Å². The molecule has 130 valence electrons. The Morgan fingerprint density at radius 3 is 2.00 bits per heavy atom. The summed E-state index contributed by atoms with van der Waals surface area (Å²) >= 11 is 0. The Morgan fingerprint density at radius 1 is 0.957 bits per heavy atom. The van der Waals surface area contributed by atoms with Gasteiger partial charge in [-0.2, -0.15) is 10.5 Å². The molecule has 3 heteroatoms. The molecule has 0 aliphatic rings. The van der Waals surface area contributed by atoms with Crippen LogP contribution in [0.4, 0.5) is 0 Å². The van der Waals surface area contributed by atoms with E-state index < -0.39 is 0 Å². The van der Waals surface area contributed by atoms with Crippen molar-refractivity contribution in [2.24, 2.45) is 5.92 Å². The Hall–Kier alpha value is -0.850. The second kappa shape index (κ2) is 17.5. The van der Waals surface area contributed by atoms with Crippen molar-refractivity contribution in [2.45, 2.75) is 77.6 Å². The first-order valence-corrected chi connectivity index (χ1v) is 11.3. The molecule has 2 nitrogen and oxygen atoms in total. The molecule has 0 aromatic heterocycles. The van der Waals surface area contributed by atoms with Gasteiger partial charge in [-0.25, -0.2) is 0 Å². The largest absolute Gasteiger partial charge is 0.198 e. The summed E-state index contributed by atoms with van der Waals surface area (Å²) in [4.78, 5) is 0. The Labute approximate surface area is 145 Å². The van der Waals surface area contributed by atoms with Crippen LogP contribution in [0.1, 0.15) is 77.6 Å². The summed E-state index contributed by atoms with van der Waals surface area (Å²) in [5.74, 6) is -0.0748. The fraction of sp³-hybridized carbons (Fsp3) is 0.800. The predicted octanol–water partition coefficient (Wildman–Crippen LogP) is 6.63. The summed E-state index contributed by atoms with van der Waals surface area (Å²) in [6, 6.07) is 4.43. The van der Waals surface area contributed by atoms with E-state index in [4.69, 9.17) is 10.5 Å². The molecule has 0 saturated carbocycles. The van der Waals surface area contributed by atoms with Gasteiger partial charge in [-0.1, -0.05) is 70.8 Å². The second-order valence-electron chi connectivity index (χ2n) is 6.42. The fourth-order valence-corrected chi connectivity index (χ4v) is 5.22. The fourth-order valence-electron chi connectivity index (χ4n) is 2.84. The van der Waals surface area contributed by atoms with E-state index in [1.165, 1.54) is 70.4 Å². The molecule has 23 heavy (non-hydrogen) atoms. The van der Waals surface area contributed by atoms with Crippen molar-refractivity contribution in [3.63, 3.8) is 0 Å². The van der Waals surface area contributed by atoms with E-state index in [2.05, 4.69) is 25.6 Å². The molecule has 2 unspecified atom stereocenters. The first-order valence-electron chi connectivity index (χ1n) is 9.38. The zero-order chi connectivity index (χ0) is 17.2. The number of rotatable bonds is 16. The van der Waals surface area contributed by atoms with Gasteiger partial charge in [-0.05, 0) is 24.9 Å². The molecule has 0 heterocycles. The van der Waals surface area contributed by atoms with Crippen molar-refractivity contribution in [3.8, 4) is 12.1 Å². The maximum atomic E-state index is 9.10. The average Bonchev–Trinajstić information content (AvgIpc) is 2.56. The first-order chi connectivity index (χ1) is 11.3. The van der Waals surface area contributed by atoms with E-state index in [-0.39, 0.29) is 13.8 Å². The summed E-state index contributed by atoms with van der Waals surface area (Å²) in [6.45, 7) is 6.11. The highest BCUT2D eigenvalue weighted by Gasteiger charge is 2.14. The van der Waals surface area contributed by atoms with Gasteiger partial charge in [0, 0.05) is 0 Å². The minimum absolute atomic E-state index is 0.0748. The molecular weight excluding hydrogens is 299 g/mol. The summed E-state index contributed by atoms with van der Waals surface area (Å²) in [5, 5.41) is 17.9. The standard InChI is InChI=1S/C20H35N2P/c1-3-5-6-7-8-9-10-11-12-13-17-23(16-4-2)19-20(18-22)14-15-21/h4,20H,2-3,5-14,16-17,19H2,1H3. The van der Waals surface area contributed by atoms with E-state index >= 15 is 0 Å². The topological polar surface area (TPSA) is 47.6 Å². The van der Waals surface area contributed by atoms with Crippen LogP contribution in [0.3, 0.4) is 0 Å². The van der Waals surface area contributed by atoms with E-state index in [0.717, 1.165) is 12.3 Å². The van der Waals surface area contributed by atoms with Gasteiger partial charge in [0.1, 0.15) is 0 Å². The summed E-state index contributed by atoms with van der Waals surface area (Å²) in [7, 11) is -0.144. The van der Waals surface area contributed by atoms with Gasteiger partial charge in [-0.3, -0.25) is 0 Å². The van der Waals surface area contributed by atoms with Gasteiger partial charge in [-0.15, -0.1) is 14.5 Å². The minimum atomic E-state index is -0.144. The van der Waals surface area contributed by atoms with Gasteiger partial charge in [0.2, 0.25) is 0 Å². The van der Waals surface area contributed by atoms with E-state index in [9.17, 15) is 0 Å². The zero-order valence-electron chi connectivity index (χ0n) is 15.1. The smallest absolute Gasteiger partial charge is 0.0670 e. The summed E-state index contributed by atoms with van der Waals surface area (Å²) in [6.07, 6.45) is 19.2. The number of hydrogen-bond donors (Lipinski definition) is 0. The molecule has 0 rings (SSSR count). The van der Waals surface area contributed by atoms with Gasteiger partial charge in [0.15, 0.2) is 0 Å². The lowest BCUT2D eigenvalue weighted by Gasteiger charge is -2.17. The zero-order valence-corrected chi connectivity index (χ0v) is 16.0. The third kappa shape index (κ3) is 14.5. The molecule has 0 spiro atoms. The Balaban J connectivity index is 3.66. The van der Waals surface area contributed by atoms with Gasteiger partial charge in [0.25, 0.3) is 0 Å². The molecule has 0 saturated heterocycles. The number of nitrogens with zero attached hydrogens (tertiary/aromatic N) is 2. The van der Waals surface area contributed by atoms with Crippen LogP contribution in [0.2, 0.25) is 0 Å². The third-order valence-corrected chi connectivity index (χ3v) is 6.89. The number of nitriles is 2. The molecule has 0 aromatic carbocycles. The van der Waals surface area contributed by atoms with Gasteiger partial charge >= 0.3 is 0 Å². The van der Waals surface area contributed by atoms with E-state index in [1.54, 1.807) is 0 Å². The number of unbranched alkanes of at least 4 members (excludes halogenated alkanes) is 9. The summed E-state index contributed by atoms with van der Waals surface area (Å²) < 4.78 is 0. The molecule has 0 aromatic rings. The van der Waals surface area contributed by atoms with Crippen LogP contribution in [0, 0.1) is 28.6 Å². The lowest BCUT2D eigenvalue weighted by molar-refractivity contribution is 0.562. The lowest BCUT2D eigenvalue weighted by Crippen LogP contribution is -2.05. The van der Waals surface area contributed by atoms with Crippen LogP contribution in [0.15, 0.2) is 12.7 Å². The van der Waals surface area contributed by atoms with Crippen LogP contribution in [-0.4, -0.2) is 18.5 Å². The first kappa shape index (κ1) is 22.1. The van der Waals surface area contributed by atoms with Crippen molar-refractivity contribution in [2.75, 3.05) is 18.5 Å². The quantitative estimate of drug-likeness (QED) is 0.181. The predicted molar refractivity (Wildman–Crippen MR) is 103 cm³/mol. The SMILES string of the molecule is C=CCP(CCCCCCCCCCCC)CC(C#N)CC#N. The van der Waals surface area contributed by atoms with Crippen LogP contribution < -0.4 is 0 Å². The van der Waals surface area contributed by atoms with Crippen molar-refractivity contribution >= 4 is 7.92 Å². The van der Waals surface area contributed by atoms with Gasteiger partial charge in [0.05, 0.1) is 24.5 Å². The Kier molecular flexibility index (Phi) is 16.9. The molecule has 0 bridgehead atoms. The average molecular weight is 334 g/mol. The molecule has 0 amide bonds. The Bertz CT molecular complexity index is 354. The Morgan fingerprint density at radius 2 is 1.52 bits per heavy atom. The number of hydrogen-bond acceptors (Lipinski definition) is 2. The highest BCUT2D eigenvalue weighted by Crippen LogP contribution is 2.39. The molecule has 0 radical (unpaired) electrons. The van der Waals surface area contributed by atoms with Crippen molar-refractivity contribution in [1.82, 2.24) is 0 Å². The number of allylic oxidation sites excluding steroid dienone is 1. The third-order valence-electron chi connectivity index (χ3n) is 4.21. The molecular formula is C20H35N2P. The maximum Gasteiger partial charge on any atom is 0.0670 e. The minimum Gasteiger partial charge on any atom is -0.198 e. The van der Waals surface area contributed by atoms with E-state index in [0.29, 0.717) is 6.42 Å². The normalized spacial score (nSPS) is 13.0. The molecule has 0 aliphatic heterocycles. The highest BCUT2D eigenvalue weighted by atomic mass is 31.1. The molecule has 0 N–H and O–H groups in total. The van der Waals surface area contributed by atoms with Crippen LogP contribution in [-0.2, 0) is 0 Å². The maximum absolute atomic E-state index is 9.10. The van der Waals surface area contributed by atoms with Gasteiger partial charge < -0.3 is 0 Å². The van der Waals surface area contributed by atoms with Crippen LogP contribution >= 0.6 is 7.92 Å². The molecule has 0 fully saturated rings. The molecule has 0 aliphatic carbocycles. The lowest BCUT2D eigenvalue weighted by atomic mass is 10.1. The van der Waals surface area contributed by atoms with Crippen molar-refractivity contribution in [3.05, 3.63) is 12.7 Å². The second-order valence-corrected chi connectivity index (χ2v) is 8.94. The highest BCUT2D eigenvalue weighted by molar-refractivity contribution is 7.57. The van der Waals surface area contributed by atoms with E-state index in [1.807, 2.05) is 6.08 Å².